The van der Waals surface area contributed by atoms with Crippen molar-refractivity contribution in [2.75, 3.05) is 0 Å². The van der Waals surface area contributed by atoms with Gasteiger partial charge in [-0.3, -0.25) is 4.98 Å². The van der Waals surface area contributed by atoms with Gasteiger partial charge in [0.2, 0.25) is 0 Å². The second-order valence-electron chi connectivity index (χ2n) is 5.41. The lowest BCUT2D eigenvalue weighted by atomic mass is 9.85. The molecular weight excluding hydrogens is 214 g/mol. The smallest absolute Gasteiger partial charge is 0.0700 e. The molecule has 0 amide bonds. The van der Waals surface area contributed by atoms with Gasteiger partial charge in [0.1, 0.15) is 0 Å². The third kappa shape index (κ3) is 2.50. The molecule has 3 heteroatoms. The zero-order valence-corrected chi connectivity index (χ0v) is 10.0. The summed E-state index contributed by atoms with van der Waals surface area (Å²) < 4.78 is 5.77. The first-order chi connectivity index (χ1) is 8.23. The van der Waals surface area contributed by atoms with E-state index in [0.29, 0.717) is 12.2 Å². The van der Waals surface area contributed by atoms with Gasteiger partial charge in [-0.2, -0.15) is 0 Å². The summed E-state index contributed by atoms with van der Waals surface area (Å²) in [5.74, 6) is 0. The monoisotopic (exact) mass is 233 g/mol. The van der Waals surface area contributed by atoms with Crippen molar-refractivity contribution in [2.24, 2.45) is 0 Å². The van der Waals surface area contributed by atoms with E-state index in [0.717, 1.165) is 44.2 Å². The SMILES string of the molecule is OC1(CCc2ccccn2)CC2CCC(C1)O2. The number of ether oxygens (including phenoxy) is 1. The number of aliphatic hydroxyl groups is 1. The van der Waals surface area contributed by atoms with Crippen LogP contribution >= 0.6 is 0 Å². The summed E-state index contributed by atoms with van der Waals surface area (Å²) in [5.41, 5.74) is 0.543. The van der Waals surface area contributed by atoms with E-state index in [2.05, 4.69) is 4.98 Å². The minimum absolute atomic E-state index is 0.294. The van der Waals surface area contributed by atoms with Crippen LogP contribution in [0.15, 0.2) is 24.4 Å². The molecule has 1 N–H and O–H groups in total. The van der Waals surface area contributed by atoms with Crippen LogP contribution in [0.5, 0.6) is 0 Å². The molecule has 17 heavy (non-hydrogen) atoms. The molecule has 3 nitrogen and oxygen atoms in total. The molecule has 2 aliphatic rings. The molecule has 0 aromatic carbocycles. The number of aromatic nitrogens is 1. The molecule has 2 fully saturated rings. The van der Waals surface area contributed by atoms with Crippen molar-refractivity contribution < 1.29 is 9.84 Å². The molecule has 2 saturated heterocycles. The molecule has 0 saturated carbocycles. The van der Waals surface area contributed by atoms with Gasteiger partial charge in [-0.25, -0.2) is 0 Å². The Labute approximate surface area is 102 Å². The highest BCUT2D eigenvalue weighted by Gasteiger charge is 2.43. The Hall–Kier alpha value is -0.930. The normalized spacial score (nSPS) is 36.1. The quantitative estimate of drug-likeness (QED) is 0.869. The average Bonchev–Trinajstić information content (AvgIpc) is 2.69. The molecule has 0 spiro atoms. The van der Waals surface area contributed by atoms with Crippen LogP contribution in [0.25, 0.3) is 0 Å². The third-order valence-corrected chi connectivity index (χ3v) is 3.98. The number of nitrogens with zero attached hydrogens (tertiary/aromatic N) is 1. The van der Waals surface area contributed by atoms with E-state index in [1.54, 1.807) is 0 Å². The van der Waals surface area contributed by atoms with Gasteiger partial charge in [0.25, 0.3) is 0 Å². The van der Waals surface area contributed by atoms with E-state index >= 15 is 0 Å². The Bertz CT molecular complexity index is 367. The Kier molecular flexibility index (Phi) is 2.89. The van der Waals surface area contributed by atoms with Gasteiger partial charge in [-0.05, 0) is 37.8 Å². The standard InChI is InChI=1S/C14H19NO2/c16-14(7-6-11-3-1-2-8-15-11)9-12-4-5-13(10-14)17-12/h1-3,8,12-13,16H,4-7,9-10H2. The van der Waals surface area contributed by atoms with Crippen molar-refractivity contribution in [3.63, 3.8) is 0 Å². The van der Waals surface area contributed by atoms with Crippen LogP contribution in [0.2, 0.25) is 0 Å². The van der Waals surface area contributed by atoms with Crippen LogP contribution in [0, 0.1) is 0 Å². The lowest BCUT2D eigenvalue weighted by Crippen LogP contribution is -2.41. The van der Waals surface area contributed by atoms with Crippen molar-refractivity contribution in [1.29, 1.82) is 0 Å². The summed E-state index contributed by atoms with van der Waals surface area (Å²) in [4.78, 5) is 4.31. The number of aryl methyl sites for hydroxylation is 1. The van der Waals surface area contributed by atoms with Gasteiger partial charge in [0.05, 0.1) is 17.8 Å². The lowest BCUT2D eigenvalue weighted by Gasteiger charge is -2.36. The number of hydrogen-bond acceptors (Lipinski definition) is 3. The zero-order chi connectivity index (χ0) is 11.7. The minimum atomic E-state index is -0.526. The number of pyridine rings is 1. The van der Waals surface area contributed by atoms with E-state index in [4.69, 9.17) is 4.74 Å². The summed E-state index contributed by atoms with van der Waals surface area (Å²) in [6.45, 7) is 0. The molecule has 3 rings (SSSR count). The Balaban J connectivity index is 1.61. The number of fused-ring (bicyclic) bond motifs is 2. The molecule has 3 heterocycles. The topological polar surface area (TPSA) is 42.4 Å². The van der Waals surface area contributed by atoms with Crippen LogP contribution in [0.3, 0.4) is 0 Å². The van der Waals surface area contributed by atoms with E-state index in [1.807, 2.05) is 24.4 Å². The zero-order valence-electron chi connectivity index (χ0n) is 10.0. The van der Waals surface area contributed by atoms with Crippen molar-refractivity contribution in [3.05, 3.63) is 30.1 Å². The lowest BCUT2D eigenvalue weighted by molar-refractivity contribution is -0.114. The molecule has 2 aliphatic heterocycles. The fraction of sp³-hybridized carbons (Fsp3) is 0.643. The molecule has 1 aromatic rings. The van der Waals surface area contributed by atoms with Crippen molar-refractivity contribution in [2.45, 2.75) is 56.3 Å². The second kappa shape index (κ2) is 4.39. The Morgan fingerprint density at radius 3 is 2.71 bits per heavy atom. The Morgan fingerprint density at radius 1 is 1.29 bits per heavy atom. The highest BCUT2D eigenvalue weighted by molar-refractivity contribution is 5.05. The highest BCUT2D eigenvalue weighted by atomic mass is 16.5. The maximum atomic E-state index is 10.6. The average molecular weight is 233 g/mol. The molecular formula is C14H19NO2. The van der Waals surface area contributed by atoms with E-state index in [9.17, 15) is 5.11 Å². The summed E-state index contributed by atoms with van der Waals surface area (Å²) in [5, 5.41) is 10.6. The first-order valence-electron chi connectivity index (χ1n) is 6.51. The molecule has 0 radical (unpaired) electrons. The van der Waals surface area contributed by atoms with Gasteiger partial charge in [0.15, 0.2) is 0 Å². The minimum Gasteiger partial charge on any atom is -0.390 e. The predicted octanol–water partition coefficient (Wildman–Crippen LogP) is 2.09. The van der Waals surface area contributed by atoms with E-state index in [-0.39, 0.29) is 0 Å². The maximum absolute atomic E-state index is 10.6. The van der Waals surface area contributed by atoms with Gasteiger partial charge < -0.3 is 9.84 Å². The number of rotatable bonds is 3. The van der Waals surface area contributed by atoms with Crippen LogP contribution in [-0.2, 0) is 11.2 Å². The summed E-state index contributed by atoms with van der Waals surface area (Å²) in [6, 6.07) is 5.95. The van der Waals surface area contributed by atoms with Crippen LogP contribution in [0.4, 0.5) is 0 Å². The number of hydrogen-bond donors (Lipinski definition) is 1. The largest absolute Gasteiger partial charge is 0.390 e. The van der Waals surface area contributed by atoms with Crippen LogP contribution in [0.1, 0.15) is 37.8 Å². The van der Waals surface area contributed by atoms with Gasteiger partial charge in [-0.15, -0.1) is 0 Å². The fourth-order valence-corrected chi connectivity index (χ4v) is 3.12. The Morgan fingerprint density at radius 2 is 2.06 bits per heavy atom. The van der Waals surface area contributed by atoms with Gasteiger partial charge >= 0.3 is 0 Å². The maximum Gasteiger partial charge on any atom is 0.0700 e. The van der Waals surface area contributed by atoms with Gasteiger partial charge in [-0.1, -0.05) is 6.07 Å². The van der Waals surface area contributed by atoms with Crippen molar-refractivity contribution in [1.82, 2.24) is 4.98 Å². The van der Waals surface area contributed by atoms with Crippen LogP contribution in [-0.4, -0.2) is 27.9 Å². The molecule has 2 bridgehead atoms. The van der Waals surface area contributed by atoms with E-state index in [1.165, 1.54) is 0 Å². The second-order valence-corrected chi connectivity index (χ2v) is 5.41. The molecule has 92 valence electrons. The summed E-state index contributed by atoms with van der Waals surface area (Å²) in [7, 11) is 0. The van der Waals surface area contributed by atoms with E-state index < -0.39 is 5.60 Å². The summed E-state index contributed by atoms with van der Waals surface area (Å²) in [6.07, 6.45) is 7.91. The fourth-order valence-electron chi connectivity index (χ4n) is 3.12. The predicted molar refractivity (Wildman–Crippen MR) is 64.6 cm³/mol. The molecule has 1 aromatic heterocycles. The molecule has 2 atom stereocenters. The first kappa shape index (κ1) is 11.2. The highest BCUT2D eigenvalue weighted by Crippen LogP contribution is 2.40. The first-order valence-corrected chi connectivity index (χ1v) is 6.51. The summed E-state index contributed by atoms with van der Waals surface area (Å²) >= 11 is 0. The molecule has 2 unspecified atom stereocenters. The van der Waals surface area contributed by atoms with Crippen molar-refractivity contribution in [3.8, 4) is 0 Å². The molecule has 0 aliphatic carbocycles. The third-order valence-electron chi connectivity index (χ3n) is 3.98. The van der Waals surface area contributed by atoms with Gasteiger partial charge in [0, 0.05) is 24.7 Å². The van der Waals surface area contributed by atoms with Crippen LogP contribution < -0.4 is 0 Å². The van der Waals surface area contributed by atoms with Crippen molar-refractivity contribution >= 4 is 0 Å².